The number of nitrogens with zero attached hydrogens (tertiary/aromatic N) is 1. The third-order valence-corrected chi connectivity index (χ3v) is 16.6. The van der Waals surface area contributed by atoms with Gasteiger partial charge in [-0.25, -0.2) is 0 Å². The van der Waals surface area contributed by atoms with Gasteiger partial charge in [-0.05, 0) is 129 Å². The molecule has 0 aromatic heterocycles. The number of benzene rings is 9. The van der Waals surface area contributed by atoms with Crippen molar-refractivity contribution in [1.82, 2.24) is 0 Å². The molecule has 3 heterocycles. The maximum Gasteiger partial charge on any atom is 0.256 e. The average Bonchev–Trinajstić information content (AvgIpc) is 3.37. The molecule has 9 aromatic carbocycles. The smallest absolute Gasteiger partial charge is 0.256 e. The number of rotatable bonds is 4. The molecule has 71 heavy (non-hydrogen) atoms. The standard InChI is InChI=1S/C68H62BNO/c1-65(2,3)51-33-48-35-53(41-51)67(7,8)68(9,10)54-36-49(34-52(42-54)66(4,5)6)47-30-32-61-58(38-47)69-57-37-46(48)29-31-59(57)70(60-39-50(40-62(71-61)63(60)69)43-21-14-11-15-22-43)64-55(44-23-16-12-17-24-44)27-20-28-56(64)45-25-18-13-19-26-45/h11-42H,1-10H3. The molecule has 8 bridgehead atoms. The lowest BCUT2D eigenvalue weighted by molar-refractivity contribution is 0.302. The minimum Gasteiger partial charge on any atom is -0.458 e. The Hall–Kier alpha value is -7.36. The van der Waals surface area contributed by atoms with E-state index in [1.165, 1.54) is 83.1 Å². The van der Waals surface area contributed by atoms with Gasteiger partial charge in [-0.2, -0.15) is 0 Å². The summed E-state index contributed by atoms with van der Waals surface area (Å²) < 4.78 is 7.34. The van der Waals surface area contributed by atoms with Crippen molar-refractivity contribution in [3.05, 3.63) is 216 Å². The van der Waals surface area contributed by atoms with Crippen LogP contribution in [0, 0.1) is 0 Å². The Kier molecular flexibility index (Phi) is 10.2. The van der Waals surface area contributed by atoms with Gasteiger partial charge in [-0.3, -0.25) is 0 Å². The third kappa shape index (κ3) is 7.30. The second-order valence-electron chi connectivity index (χ2n) is 23.5. The molecule has 9 aromatic rings. The highest BCUT2D eigenvalue weighted by Crippen LogP contribution is 2.52. The fraction of sp³-hybridized carbons (Fsp3) is 0.206. The highest BCUT2D eigenvalue weighted by Gasteiger charge is 2.45. The van der Waals surface area contributed by atoms with Crippen LogP contribution in [0.15, 0.2) is 194 Å². The van der Waals surface area contributed by atoms with Crippen LogP contribution >= 0.6 is 0 Å². The molecule has 0 fully saturated rings. The summed E-state index contributed by atoms with van der Waals surface area (Å²) in [7, 11) is 0. The van der Waals surface area contributed by atoms with E-state index < -0.39 is 0 Å². The largest absolute Gasteiger partial charge is 0.458 e. The van der Waals surface area contributed by atoms with E-state index in [-0.39, 0.29) is 28.4 Å². The molecular weight excluding hydrogens is 858 g/mol. The van der Waals surface area contributed by atoms with Crippen LogP contribution in [0.5, 0.6) is 11.5 Å². The maximum atomic E-state index is 7.34. The second-order valence-corrected chi connectivity index (χ2v) is 23.5. The number of para-hydroxylation sites is 1. The molecule has 0 unspecified atom stereocenters. The molecule has 3 aliphatic heterocycles. The average molecular weight is 920 g/mol. The zero-order valence-electron chi connectivity index (χ0n) is 42.9. The van der Waals surface area contributed by atoms with Crippen LogP contribution in [0.2, 0.25) is 0 Å². The van der Waals surface area contributed by atoms with Crippen molar-refractivity contribution in [2.75, 3.05) is 4.90 Å². The summed E-state index contributed by atoms with van der Waals surface area (Å²) in [6, 6.07) is 73.4. The van der Waals surface area contributed by atoms with Crippen LogP contribution in [0.25, 0.3) is 55.6 Å². The van der Waals surface area contributed by atoms with E-state index in [1.807, 2.05) is 0 Å². The van der Waals surface area contributed by atoms with Crippen LogP contribution < -0.4 is 26.0 Å². The van der Waals surface area contributed by atoms with Gasteiger partial charge in [0, 0.05) is 22.5 Å². The van der Waals surface area contributed by atoms with Gasteiger partial charge >= 0.3 is 0 Å². The quantitative estimate of drug-likeness (QED) is 0.163. The zero-order valence-corrected chi connectivity index (χ0v) is 42.9. The molecular formula is C68H62BNO. The molecule has 348 valence electrons. The highest BCUT2D eigenvalue weighted by molar-refractivity contribution is 6.99. The molecule has 0 saturated carbocycles. The Balaban J connectivity index is 1.24. The molecule has 12 rings (SSSR count). The molecule has 0 atom stereocenters. The lowest BCUT2D eigenvalue weighted by Gasteiger charge is -2.44. The van der Waals surface area contributed by atoms with Gasteiger partial charge in [-0.15, -0.1) is 0 Å². The molecule has 0 aliphatic carbocycles. The van der Waals surface area contributed by atoms with Crippen molar-refractivity contribution in [3.8, 4) is 67.1 Å². The van der Waals surface area contributed by atoms with E-state index in [1.54, 1.807) is 0 Å². The fourth-order valence-electron chi connectivity index (χ4n) is 11.5. The summed E-state index contributed by atoms with van der Waals surface area (Å²) in [5.74, 6) is 1.79. The first-order valence-electron chi connectivity index (χ1n) is 25.5. The van der Waals surface area contributed by atoms with Crippen molar-refractivity contribution < 1.29 is 4.74 Å². The Labute approximate surface area is 422 Å². The summed E-state index contributed by atoms with van der Waals surface area (Å²) in [5, 5.41) is 0. The van der Waals surface area contributed by atoms with Crippen LogP contribution in [-0.2, 0) is 21.7 Å². The summed E-state index contributed by atoms with van der Waals surface area (Å²) in [4.78, 5) is 2.58. The second kappa shape index (κ2) is 16.1. The van der Waals surface area contributed by atoms with E-state index in [0.717, 1.165) is 39.7 Å². The predicted octanol–water partition coefficient (Wildman–Crippen LogP) is 16.6. The van der Waals surface area contributed by atoms with Crippen LogP contribution in [-0.4, -0.2) is 6.71 Å². The Bertz CT molecular complexity index is 3520. The van der Waals surface area contributed by atoms with Gasteiger partial charge in [0.2, 0.25) is 0 Å². The molecule has 0 radical (unpaired) electrons. The Morgan fingerprint density at radius 3 is 1.38 bits per heavy atom. The molecule has 3 heteroatoms. The molecule has 3 aliphatic rings. The lowest BCUT2D eigenvalue weighted by atomic mass is 9.34. The number of ether oxygens (including phenoxy) is 1. The summed E-state index contributed by atoms with van der Waals surface area (Å²) in [5.41, 5.74) is 23.6. The maximum absolute atomic E-state index is 7.34. The van der Waals surface area contributed by atoms with E-state index in [0.29, 0.717) is 0 Å². The molecule has 0 N–H and O–H groups in total. The van der Waals surface area contributed by atoms with Gasteiger partial charge in [0.1, 0.15) is 11.5 Å². The van der Waals surface area contributed by atoms with Crippen molar-refractivity contribution in [2.24, 2.45) is 0 Å². The van der Waals surface area contributed by atoms with Gasteiger partial charge in [0.05, 0.1) is 5.69 Å². The Morgan fingerprint density at radius 1 is 0.380 bits per heavy atom. The first-order valence-corrected chi connectivity index (χ1v) is 25.5. The minimum absolute atomic E-state index is 0.0651. The van der Waals surface area contributed by atoms with E-state index in [9.17, 15) is 0 Å². The van der Waals surface area contributed by atoms with E-state index in [2.05, 4.69) is 268 Å². The predicted molar refractivity (Wildman–Crippen MR) is 303 cm³/mol. The van der Waals surface area contributed by atoms with Gasteiger partial charge in [-0.1, -0.05) is 239 Å². The van der Waals surface area contributed by atoms with Gasteiger partial charge in [0.25, 0.3) is 6.71 Å². The molecule has 0 amide bonds. The topological polar surface area (TPSA) is 12.5 Å². The summed E-state index contributed by atoms with van der Waals surface area (Å²) in [6.45, 7) is 23.8. The van der Waals surface area contributed by atoms with Crippen molar-refractivity contribution >= 4 is 40.2 Å². The minimum atomic E-state index is -0.254. The fourth-order valence-corrected chi connectivity index (χ4v) is 11.5. The zero-order chi connectivity index (χ0) is 49.2. The van der Waals surface area contributed by atoms with Crippen molar-refractivity contribution in [1.29, 1.82) is 0 Å². The number of hydrogen-bond acceptors (Lipinski definition) is 2. The highest BCUT2D eigenvalue weighted by atomic mass is 16.5. The lowest BCUT2D eigenvalue weighted by Crippen LogP contribution is -2.59. The third-order valence-electron chi connectivity index (χ3n) is 16.6. The normalized spacial score (nSPS) is 14.9. The first-order chi connectivity index (χ1) is 34.0. The van der Waals surface area contributed by atoms with E-state index in [4.69, 9.17) is 4.74 Å². The molecule has 0 saturated heterocycles. The molecule has 0 spiro atoms. The number of anilines is 3. The van der Waals surface area contributed by atoms with Crippen molar-refractivity contribution in [3.63, 3.8) is 0 Å². The van der Waals surface area contributed by atoms with Gasteiger partial charge < -0.3 is 9.64 Å². The van der Waals surface area contributed by atoms with Crippen LogP contribution in [0.1, 0.15) is 91.5 Å². The monoisotopic (exact) mass is 919 g/mol. The van der Waals surface area contributed by atoms with Crippen LogP contribution in [0.3, 0.4) is 0 Å². The van der Waals surface area contributed by atoms with E-state index >= 15 is 0 Å². The summed E-state index contributed by atoms with van der Waals surface area (Å²) in [6.07, 6.45) is 0. The SMILES string of the molecule is CC(C)(C)c1cc2cc(c1)C(C)(C)C(C)(C)c1cc(cc(C(C)(C)C)c1)-c1ccc3c(c1)B1c4cc-2ccc4Oc2cc(-c4ccccc4)cc(c21)N3c1c(-c2ccccc2)cccc1-c1ccccc1. The first kappa shape index (κ1) is 44.8. The molecule has 2 nitrogen and oxygen atoms in total. The summed E-state index contributed by atoms with van der Waals surface area (Å²) >= 11 is 0. The van der Waals surface area contributed by atoms with Crippen LogP contribution in [0.4, 0.5) is 17.1 Å². The van der Waals surface area contributed by atoms with Gasteiger partial charge in [0.15, 0.2) is 0 Å². The number of fused-ring (bicyclic) bond motifs is 8. The number of hydrogen-bond donors (Lipinski definition) is 0. The Morgan fingerprint density at radius 2 is 0.859 bits per heavy atom. The van der Waals surface area contributed by atoms with Crippen molar-refractivity contribution in [2.45, 2.75) is 90.9 Å².